The zero-order valence-corrected chi connectivity index (χ0v) is 10.5. The van der Waals surface area contributed by atoms with Crippen LogP contribution in [0.2, 0.25) is 0 Å². The van der Waals surface area contributed by atoms with Crippen molar-refractivity contribution >= 4 is 23.6 Å². The summed E-state index contributed by atoms with van der Waals surface area (Å²) in [4.78, 5) is 21.8. The average molecular weight is 248 g/mol. The van der Waals surface area contributed by atoms with Gasteiger partial charge in [0.25, 0.3) is 0 Å². The van der Waals surface area contributed by atoms with Crippen LogP contribution in [0.3, 0.4) is 0 Å². The Labute approximate surface area is 100 Å². The normalized spacial score (nSPS) is 12.5. The van der Waals surface area contributed by atoms with Gasteiger partial charge in [0.2, 0.25) is 11.8 Å². The largest absolute Gasteiger partial charge is 0.394 e. The van der Waals surface area contributed by atoms with Crippen LogP contribution >= 0.6 is 11.8 Å². The van der Waals surface area contributed by atoms with Crippen LogP contribution < -0.4 is 11.1 Å². The minimum Gasteiger partial charge on any atom is -0.394 e. The molecule has 1 atom stereocenters. The smallest absolute Gasteiger partial charge is 0.227 e. The van der Waals surface area contributed by atoms with Gasteiger partial charge in [-0.15, -0.1) is 0 Å². The molecule has 0 spiro atoms. The van der Waals surface area contributed by atoms with Crippen molar-refractivity contribution in [1.29, 1.82) is 0 Å². The molecular formula is C10H20N2O3S. The Bertz CT molecular complexity index is 234. The van der Waals surface area contributed by atoms with Gasteiger partial charge in [0, 0.05) is 12.2 Å². The van der Waals surface area contributed by atoms with E-state index in [2.05, 4.69) is 5.32 Å². The number of thioether (sulfide) groups is 1. The Kier molecular flexibility index (Phi) is 8.01. The first-order valence-corrected chi connectivity index (χ1v) is 6.39. The Morgan fingerprint density at radius 1 is 1.44 bits per heavy atom. The number of hydrogen-bond acceptors (Lipinski definition) is 4. The highest BCUT2D eigenvalue weighted by Gasteiger charge is 2.14. The number of primary amides is 1. The van der Waals surface area contributed by atoms with E-state index in [0.717, 1.165) is 0 Å². The standard InChI is InChI=1S/C10H20N2O3S/c1-7(2)8(5-13)12-10(15)3-4-16-6-9(11)14/h7-8,13H,3-6H2,1-2H3,(H2,11,14)(H,12,15). The number of carbonyl (C=O) groups is 2. The highest BCUT2D eigenvalue weighted by atomic mass is 32.2. The van der Waals surface area contributed by atoms with Crippen LogP contribution in [0.25, 0.3) is 0 Å². The average Bonchev–Trinajstić information content (AvgIpc) is 2.20. The van der Waals surface area contributed by atoms with Crippen molar-refractivity contribution in [2.75, 3.05) is 18.1 Å². The molecule has 0 aromatic rings. The van der Waals surface area contributed by atoms with E-state index in [1.165, 1.54) is 11.8 Å². The lowest BCUT2D eigenvalue weighted by Gasteiger charge is -2.19. The SMILES string of the molecule is CC(C)C(CO)NC(=O)CCSCC(N)=O. The van der Waals surface area contributed by atoms with Crippen molar-refractivity contribution in [3.05, 3.63) is 0 Å². The van der Waals surface area contributed by atoms with E-state index in [1.807, 2.05) is 13.8 Å². The predicted octanol–water partition coefficient (Wildman–Crippen LogP) is -0.272. The second-order valence-corrected chi connectivity index (χ2v) is 4.97. The van der Waals surface area contributed by atoms with Crippen LogP contribution in [0.15, 0.2) is 0 Å². The third-order valence-electron chi connectivity index (χ3n) is 2.07. The van der Waals surface area contributed by atoms with Gasteiger partial charge in [-0.2, -0.15) is 11.8 Å². The van der Waals surface area contributed by atoms with Crippen LogP contribution in [-0.2, 0) is 9.59 Å². The van der Waals surface area contributed by atoms with Gasteiger partial charge in [-0.3, -0.25) is 9.59 Å². The maximum absolute atomic E-state index is 11.4. The van der Waals surface area contributed by atoms with Crippen LogP contribution in [0.1, 0.15) is 20.3 Å². The van der Waals surface area contributed by atoms with Crippen LogP contribution in [0.4, 0.5) is 0 Å². The number of carbonyl (C=O) groups excluding carboxylic acids is 2. The summed E-state index contributed by atoms with van der Waals surface area (Å²) in [6.07, 6.45) is 0.334. The summed E-state index contributed by atoms with van der Waals surface area (Å²) in [5.74, 6) is 0.518. The number of nitrogens with two attached hydrogens (primary N) is 1. The molecular weight excluding hydrogens is 228 g/mol. The lowest BCUT2D eigenvalue weighted by molar-refractivity contribution is -0.122. The summed E-state index contributed by atoms with van der Waals surface area (Å²) in [5, 5.41) is 11.7. The zero-order valence-electron chi connectivity index (χ0n) is 9.73. The summed E-state index contributed by atoms with van der Waals surface area (Å²) < 4.78 is 0. The Morgan fingerprint density at radius 2 is 2.06 bits per heavy atom. The van der Waals surface area contributed by atoms with Crippen molar-refractivity contribution in [2.24, 2.45) is 11.7 Å². The lowest BCUT2D eigenvalue weighted by Crippen LogP contribution is -2.41. The molecule has 16 heavy (non-hydrogen) atoms. The van der Waals surface area contributed by atoms with E-state index >= 15 is 0 Å². The molecule has 0 fully saturated rings. The Hall–Kier alpha value is -0.750. The first-order valence-electron chi connectivity index (χ1n) is 5.23. The minimum absolute atomic E-state index is 0.0577. The third-order valence-corrected chi connectivity index (χ3v) is 3.05. The van der Waals surface area contributed by atoms with Gasteiger partial charge in [-0.25, -0.2) is 0 Å². The van der Waals surface area contributed by atoms with Crippen LogP contribution in [0, 0.1) is 5.92 Å². The van der Waals surface area contributed by atoms with Gasteiger partial charge in [-0.05, 0) is 5.92 Å². The Morgan fingerprint density at radius 3 is 2.50 bits per heavy atom. The fraction of sp³-hybridized carbons (Fsp3) is 0.800. The topological polar surface area (TPSA) is 92.4 Å². The first kappa shape index (κ1) is 15.2. The summed E-state index contributed by atoms with van der Waals surface area (Å²) >= 11 is 1.33. The molecule has 94 valence electrons. The van der Waals surface area contributed by atoms with Gasteiger partial charge in [-0.1, -0.05) is 13.8 Å². The van der Waals surface area contributed by atoms with Gasteiger partial charge >= 0.3 is 0 Å². The molecule has 0 aliphatic rings. The molecule has 0 saturated heterocycles. The van der Waals surface area contributed by atoms with Crippen molar-refractivity contribution in [3.63, 3.8) is 0 Å². The van der Waals surface area contributed by atoms with Crippen molar-refractivity contribution in [2.45, 2.75) is 26.3 Å². The minimum atomic E-state index is -0.374. The molecule has 0 rings (SSSR count). The molecule has 0 heterocycles. The van der Waals surface area contributed by atoms with Gasteiger partial charge < -0.3 is 16.2 Å². The molecule has 0 radical (unpaired) electrons. The molecule has 6 heteroatoms. The van der Waals surface area contributed by atoms with E-state index in [-0.39, 0.29) is 36.1 Å². The second-order valence-electron chi connectivity index (χ2n) is 3.87. The highest BCUT2D eigenvalue weighted by Crippen LogP contribution is 2.04. The Balaban J connectivity index is 3.68. The highest BCUT2D eigenvalue weighted by molar-refractivity contribution is 7.99. The third kappa shape index (κ3) is 7.53. The molecule has 0 aliphatic carbocycles. The molecule has 0 saturated carbocycles. The molecule has 1 unspecified atom stereocenters. The van der Waals surface area contributed by atoms with Gasteiger partial charge in [0.15, 0.2) is 0 Å². The van der Waals surface area contributed by atoms with Crippen LogP contribution in [0.5, 0.6) is 0 Å². The van der Waals surface area contributed by atoms with Crippen LogP contribution in [-0.4, -0.2) is 41.1 Å². The van der Waals surface area contributed by atoms with Gasteiger partial charge in [0.05, 0.1) is 18.4 Å². The molecule has 0 aromatic carbocycles. The summed E-state index contributed by atoms with van der Waals surface area (Å²) in [6, 6.07) is -0.200. The molecule has 0 aliphatic heterocycles. The summed E-state index contributed by atoms with van der Waals surface area (Å²) in [5.41, 5.74) is 4.96. The predicted molar refractivity (Wildman–Crippen MR) is 65.0 cm³/mol. The molecule has 5 nitrogen and oxygen atoms in total. The number of hydrogen-bond donors (Lipinski definition) is 3. The van der Waals surface area contributed by atoms with E-state index in [0.29, 0.717) is 12.2 Å². The number of rotatable bonds is 8. The fourth-order valence-corrected chi connectivity index (χ4v) is 1.71. The molecule has 4 N–H and O–H groups in total. The van der Waals surface area contributed by atoms with E-state index in [1.54, 1.807) is 0 Å². The quantitative estimate of drug-likeness (QED) is 0.515. The van der Waals surface area contributed by atoms with E-state index in [4.69, 9.17) is 10.8 Å². The van der Waals surface area contributed by atoms with E-state index < -0.39 is 0 Å². The molecule has 2 amide bonds. The maximum Gasteiger partial charge on any atom is 0.227 e. The first-order chi connectivity index (χ1) is 7.47. The maximum atomic E-state index is 11.4. The lowest BCUT2D eigenvalue weighted by atomic mass is 10.1. The second kappa shape index (κ2) is 8.41. The fourth-order valence-electron chi connectivity index (χ4n) is 1.04. The zero-order chi connectivity index (χ0) is 12.6. The van der Waals surface area contributed by atoms with Crippen molar-refractivity contribution in [3.8, 4) is 0 Å². The van der Waals surface area contributed by atoms with Crippen molar-refractivity contribution < 1.29 is 14.7 Å². The number of aliphatic hydroxyl groups excluding tert-OH is 1. The molecule has 0 aromatic heterocycles. The summed E-state index contributed by atoms with van der Waals surface area (Å²) in [7, 11) is 0. The number of aliphatic hydroxyl groups is 1. The summed E-state index contributed by atoms with van der Waals surface area (Å²) in [6.45, 7) is 3.81. The number of amides is 2. The van der Waals surface area contributed by atoms with E-state index in [9.17, 15) is 9.59 Å². The van der Waals surface area contributed by atoms with Crippen molar-refractivity contribution in [1.82, 2.24) is 5.32 Å². The molecule has 0 bridgehead atoms. The number of nitrogens with one attached hydrogen (secondary N) is 1. The monoisotopic (exact) mass is 248 g/mol. The van der Waals surface area contributed by atoms with Gasteiger partial charge in [0.1, 0.15) is 0 Å².